The molecule has 0 aliphatic heterocycles. The van der Waals surface area contributed by atoms with E-state index >= 15 is 0 Å². The Balaban J connectivity index is 1.75. The number of nitrogens with zero attached hydrogens (tertiary/aromatic N) is 3. The van der Waals surface area contributed by atoms with Gasteiger partial charge in [0.05, 0.1) is 6.54 Å². The molecule has 0 aliphatic rings. The minimum atomic E-state index is -0.0435. The third-order valence-electron chi connectivity index (χ3n) is 3.40. The molecule has 0 saturated heterocycles. The first kappa shape index (κ1) is 19.1. The van der Waals surface area contributed by atoms with Gasteiger partial charge in [0.1, 0.15) is 11.9 Å². The Morgan fingerprint density at radius 1 is 1.36 bits per heavy atom. The van der Waals surface area contributed by atoms with Gasteiger partial charge in [0.25, 0.3) is 0 Å². The van der Waals surface area contributed by atoms with Crippen molar-refractivity contribution in [2.24, 2.45) is 4.99 Å². The van der Waals surface area contributed by atoms with Gasteiger partial charge in [-0.05, 0) is 44.5 Å². The molecule has 0 spiro atoms. The van der Waals surface area contributed by atoms with Crippen LogP contribution in [-0.4, -0.2) is 41.5 Å². The average molecular weight is 364 g/mol. The van der Waals surface area contributed by atoms with Crippen LogP contribution in [0.5, 0.6) is 5.75 Å². The largest absolute Gasteiger partial charge is 0.489 e. The van der Waals surface area contributed by atoms with Gasteiger partial charge in [-0.2, -0.15) is 5.10 Å². The van der Waals surface area contributed by atoms with Crippen molar-refractivity contribution in [1.82, 2.24) is 20.4 Å². The van der Waals surface area contributed by atoms with Crippen LogP contribution in [0.15, 0.2) is 47.7 Å². The summed E-state index contributed by atoms with van der Waals surface area (Å²) in [5.74, 6) is 1.55. The van der Waals surface area contributed by atoms with Crippen LogP contribution in [0, 0.1) is 0 Å². The normalized spacial score (nSPS) is 12.7. The minimum absolute atomic E-state index is 0.0435. The van der Waals surface area contributed by atoms with Crippen molar-refractivity contribution in [3.8, 4) is 5.75 Å². The summed E-state index contributed by atoms with van der Waals surface area (Å²) in [6.45, 7) is 7.12. The Morgan fingerprint density at radius 2 is 2.24 bits per heavy atom. The van der Waals surface area contributed by atoms with Gasteiger partial charge in [0, 0.05) is 37.1 Å². The third kappa shape index (κ3) is 7.47. The highest BCUT2D eigenvalue weighted by atomic mass is 35.5. The van der Waals surface area contributed by atoms with Gasteiger partial charge in [-0.3, -0.25) is 4.68 Å². The smallest absolute Gasteiger partial charge is 0.191 e. The lowest BCUT2D eigenvalue weighted by Gasteiger charge is -2.15. The molecule has 0 radical (unpaired) electrons. The van der Waals surface area contributed by atoms with E-state index < -0.39 is 0 Å². The quantitative estimate of drug-likeness (QED) is 0.408. The molecule has 1 aromatic heterocycles. The first-order valence-electron chi connectivity index (χ1n) is 8.59. The Labute approximate surface area is 154 Å². The van der Waals surface area contributed by atoms with Gasteiger partial charge < -0.3 is 15.4 Å². The number of ether oxygens (including phenoxy) is 1. The predicted molar refractivity (Wildman–Crippen MR) is 102 cm³/mol. The lowest BCUT2D eigenvalue weighted by molar-refractivity contribution is 0.230. The maximum Gasteiger partial charge on any atom is 0.191 e. The second-order valence-corrected chi connectivity index (χ2v) is 6.09. The molecular weight excluding hydrogens is 338 g/mol. The number of benzene rings is 1. The van der Waals surface area contributed by atoms with Crippen molar-refractivity contribution in [2.75, 3.05) is 19.6 Å². The lowest BCUT2D eigenvalue weighted by Crippen LogP contribution is -2.38. The molecule has 0 bridgehead atoms. The maximum absolute atomic E-state index is 5.97. The Kier molecular flexibility index (Phi) is 8.12. The molecule has 2 N–H and O–H groups in total. The van der Waals surface area contributed by atoms with E-state index in [1.807, 2.05) is 49.0 Å². The highest BCUT2D eigenvalue weighted by Gasteiger charge is 2.05. The first-order valence-corrected chi connectivity index (χ1v) is 8.97. The van der Waals surface area contributed by atoms with Crippen LogP contribution < -0.4 is 15.4 Å². The molecule has 136 valence electrons. The average Bonchev–Trinajstić information content (AvgIpc) is 3.10. The van der Waals surface area contributed by atoms with E-state index in [-0.39, 0.29) is 6.10 Å². The molecule has 2 aromatic rings. The van der Waals surface area contributed by atoms with Crippen molar-refractivity contribution in [1.29, 1.82) is 0 Å². The van der Waals surface area contributed by atoms with Gasteiger partial charge in [-0.25, -0.2) is 4.99 Å². The summed E-state index contributed by atoms with van der Waals surface area (Å²) in [7, 11) is 0. The topological polar surface area (TPSA) is 63.5 Å². The van der Waals surface area contributed by atoms with Crippen molar-refractivity contribution in [3.63, 3.8) is 0 Å². The van der Waals surface area contributed by atoms with Crippen LogP contribution in [-0.2, 0) is 6.54 Å². The fraction of sp³-hybridized carbons (Fsp3) is 0.444. The highest BCUT2D eigenvalue weighted by Crippen LogP contribution is 2.18. The summed E-state index contributed by atoms with van der Waals surface area (Å²) in [5.41, 5.74) is 0. The summed E-state index contributed by atoms with van der Waals surface area (Å²) < 4.78 is 7.76. The summed E-state index contributed by atoms with van der Waals surface area (Å²) in [4.78, 5) is 4.58. The summed E-state index contributed by atoms with van der Waals surface area (Å²) >= 11 is 5.97. The van der Waals surface area contributed by atoms with E-state index in [1.165, 1.54) is 0 Å². The molecule has 1 aromatic carbocycles. The molecule has 7 heteroatoms. The second kappa shape index (κ2) is 10.6. The van der Waals surface area contributed by atoms with Crippen molar-refractivity contribution >= 4 is 17.6 Å². The molecule has 2 rings (SSSR count). The highest BCUT2D eigenvalue weighted by molar-refractivity contribution is 6.30. The molecule has 0 fully saturated rings. The molecule has 1 heterocycles. The Hall–Kier alpha value is -2.21. The SMILES string of the molecule is CCNC(=NCC(C)Oc1cccc(Cl)c1)NCCCn1cccn1. The third-order valence-corrected chi connectivity index (χ3v) is 3.63. The summed E-state index contributed by atoms with van der Waals surface area (Å²) in [5, 5.41) is 11.4. The van der Waals surface area contributed by atoms with Gasteiger partial charge >= 0.3 is 0 Å². The van der Waals surface area contributed by atoms with Crippen LogP contribution in [0.1, 0.15) is 20.3 Å². The number of rotatable bonds is 9. The predicted octanol–water partition coefficient (Wildman–Crippen LogP) is 2.95. The number of aliphatic imine (C=N–C) groups is 1. The van der Waals surface area contributed by atoms with Crippen molar-refractivity contribution in [2.45, 2.75) is 32.9 Å². The Bertz CT molecular complexity index is 645. The number of nitrogens with one attached hydrogen (secondary N) is 2. The molecule has 0 saturated carbocycles. The van der Waals surface area contributed by atoms with Crippen LogP contribution in [0.4, 0.5) is 0 Å². The number of halogens is 1. The molecule has 1 unspecified atom stereocenters. The van der Waals surface area contributed by atoms with Gasteiger partial charge in [-0.15, -0.1) is 0 Å². The van der Waals surface area contributed by atoms with Crippen LogP contribution in [0.2, 0.25) is 5.02 Å². The van der Waals surface area contributed by atoms with Gasteiger partial charge in [0.15, 0.2) is 5.96 Å². The zero-order valence-electron chi connectivity index (χ0n) is 14.8. The standard InChI is InChI=1S/C18H26ClN5O/c1-3-20-18(21-9-5-11-24-12-6-10-23-24)22-14-15(2)25-17-8-4-7-16(19)13-17/h4,6-8,10,12-13,15H,3,5,9,11,14H2,1-2H3,(H2,20,21,22). The number of aromatic nitrogens is 2. The fourth-order valence-electron chi connectivity index (χ4n) is 2.25. The van der Waals surface area contributed by atoms with E-state index in [2.05, 4.69) is 20.7 Å². The van der Waals surface area contributed by atoms with Crippen LogP contribution >= 0.6 is 11.6 Å². The number of hydrogen-bond donors (Lipinski definition) is 2. The number of guanidine groups is 1. The monoisotopic (exact) mass is 363 g/mol. The minimum Gasteiger partial charge on any atom is -0.489 e. The molecule has 25 heavy (non-hydrogen) atoms. The summed E-state index contributed by atoms with van der Waals surface area (Å²) in [6, 6.07) is 9.33. The second-order valence-electron chi connectivity index (χ2n) is 5.65. The van der Waals surface area contributed by atoms with Crippen LogP contribution in [0.3, 0.4) is 0 Å². The number of aryl methyl sites for hydroxylation is 1. The lowest BCUT2D eigenvalue weighted by atomic mass is 10.3. The van der Waals surface area contributed by atoms with Crippen LogP contribution in [0.25, 0.3) is 0 Å². The molecule has 1 atom stereocenters. The van der Waals surface area contributed by atoms with E-state index in [1.54, 1.807) is 12.3 Å². The van der Waals surface area contributed by atoms with Crippen molar-refractivity contribution in [3.05, 3.63) is 47.7 Å². The molecule has 6 nitrogen and oxygen atoms in total. The van der Waals surface area contributed by atoms with Crippen molar-refractivity contribution < 1.29 is 4.74 Å². The summed E-state index contributed by atoms with van der Waals surface area (Å²) in [6.07, 6.45) is 4.69. The maximum atomic E-state index is 5.97. The van der Waals surface area contributed by atoms with Gasteiger partial charge in [0.2, 0.25) is 0 Å². The zero-order chi connectivity index (χ0) is 17.9. The van der Waals surface area contributed by atoms with E-state index in [0.717, 1.165) is 37.8 Å². The first-order chi connectivity index (χ1) is 12.2. The Morgan fingerprint density at radius 3 is 2.96 bits per heavy atom. The zero-order valence-corrected chi connectivity index (χ0v) is 15.5. The fourth-order valence-corrected chi connectivity index (χ4v) is 2.43. The van der Waals surface area contributed by atoms with E-state index in [0.29, 0.717) is 11.6 Å². The number of hydrogen-bond acceptors (Lipinski definition) is 3. The molecular formula is C18H26ClN5O. The van der Waals surface area contributed by atoms with E-state index in [9.17, 15) is 0 Å². The molecule has 0 amide bonds. The van der Waals surface area contributed by atoms with E-state index in [4.69, 9.17) is 16.3 Å². The molecule has 0 aliphatic carbocycles. The van der Waals surface area contributed by atoms with Gasteiger partial charge in [-0.1, -0.05) is 17.7 Å².